The number of aromatic nitrogens is 2. The molecule has 1 aliphatic carbocycles. The van der Waals surface area contributed by atoms with Gasteiger partial charge in [0, 0.05) is 53.7 Å². The maximum absolute atomic E-state index is 14.1. The molecular formula is C24H26FN5O. The number of halogens is 1. The van der Waals surface area contributed by atoms with Gasteiger partial charge in [0.05, 0.1) is 5.54 Å². The van der Waals surface area contributed by atoms with Crippen LogP contribution in [0.4, 0.5) is 10.1 Å². The number of pyridine rings is 2. The molecule has 0 bridgehead atoms. The second kappa shape index (κ2) is 7.27. The molecule has 2 aromatic heterocycles. The van der Waals surface area contributed by atoms with Crippen LogP contribution in [0, 0.1) is 12.9 Å². The Labute approximate surface area is 181 Å². The first-order valence-electron chi connectivity index (χ1n) is 10.6. The van der Waals surface area contributed by atoms with E-state index in [1.165, 1.54) is 6.20 Å². The Hall–Kier alpha value is -3.06. The third-order valence-corrected chi connectivity index (χ3v) is 6.64. The summed E-state index contributed by atoms with van der Waals surface area (Å²) in [6.07, 6.45) is 4.69. The summed E-state index contributed by atoms with van der Waals surface area (Å²) in [5, 5.41) is 3.93. The van der Waals surface area contributed by atoms with Crippen molar-refractivity contribution in [1.82, 2.24) is 20.2 Å². The lowest BCUT2D eigenvalue weighted by molar-refractivity contribution is 0.0930. The Morgan fingerprint density at radius 3 is 2.71 bits per heavy atom. The van der Waals surface area contributed by atoms with Gasteiger partial charge < -0.3 is 15.1 Å². The highest BCUT2D eigenvalue weighted by molar-refractivity contribution is 5.98. The second-order valence-corrected chi connectivity index (χ2v) is 8.92. The molecule has 2 fully saturated rings. The molecule has 0 unspecified atom stereocenters. The Bertz CT molecular complexity index is 1170. The molecule has 0 atom stereocenters. The van der Waals surface area contributed by atoms with Crippen molar-refractivity contribution in [3.8, 4) is 0 Å². The third-order valence-electron chi connectivity index (χ3n) is 6.64. The standard InChI is InChI=1S/C24H26FN5O/c1-15-6-7-16(30-13-17(14-30)29(2)3)11-19(15)23(31)28-24(8-9-24)20-12-27-22(25)21-18(20)5-4-10-26-21/h4-7,10-12,17H,8-9,13-14H2,1-3H3,(H,28,31). The molecule has 0 radical (unpaired) electrons. The molecule has 1 amide bonds. The van der Waals surface area contributed by atoms with Crippen molar-refractivity contribution in [1.29, 1.82) is 0 Å². The Morgan fingerprint density at radius 2 is 2.00 bits per heavy atom. The summed E-state index contributed by atoms with van der Waals surface area (Å²) < 4.78 is 14.1. The van der Waals surface area contributed by atoms with E-state index >= 15 is 0 Å². The topological polar surface area (TPSA) is 61.4 Å². The van der Waals surface area contributed by atoms with Crippen LogP contribution >= 0.6 is 0 Å². The van der Waals surface area contributed by atoms with E-state index in [0.29, 0.717) is 17.0 Å². The highest BCUT2D eigenvalue weighted by Gasteiger charge is 2.47. The van der Waals surface area contributed by atoms with E-state index in [2.05, 4.69) is 45.2 Å². The molecule has 5 rings (SSSR count). The van der Waals surface area contributed by atoms with Crippen molar-refractivity contribution in [3.63, 3.8) is 0 Å². The number of benzene rings is 1. The number of hydrogen-bond donors (Lipinski definition) is 1. The third kappa shape index (κ3) is 3.43. The number of carbonyl (C=O) groups excluding carboxylic acids is 1. The summed E-state index contributed by atoms with van der Waals surface area (Å²) in [4.78, 5) is 25.9. The van der Waals surface area contributed by atoms with Crippen LogP contribution in [0.25, 0.3) is 10.9 Å². The summed E-state index contributed by atoms with van der Waals surface area (Å²) in [6.45, 7) is 3.87. The van der Waals surface area contributed by atoms with Gasteiger partial charge in [0.25, 0.3) is 5.91 Å². The van der Waals surface area contributed by atoms with Gasteiger partial charge in [0.2, 0.25) is 5.95 Å². The molecule has 7 heteroatoms. The van der Waals surface area contributed by atoms with Crippen molar-refractivity contribution in [2.75, 3.05) is 32.1 Å². The zero-order valence-electron chi connectivity index (χ0n) is 18.0. The van der Waals surface area contributed by atoms with Crippen LogP contribution < -0.4 is 10.2 Å². The van der Waals surface area contributed by atoms with Gasteiger partial charge in [-0.15, -0.1) is 0 Å². The molecule has 6 nitrogen and oxygen atoms in total. The fourth-order valence-corrected chi connectivity index (χ4v) is 4.34. The van der Waals surface area contributed by atoms with Gasteiger partial charge in [-0.05, 0) is 57.6 Å². The number of carbonyl (C=O) groups is 1. The fourth-order valence-electron chi connectivity index (χ4n) is 4.34. The number of anilines is 1. The maximum Gasteiger partial charge on any atom is 0.252 e. The van der Waals surface area contributed by atoms with Crippen LogP contribution in [0.3, 0.4) is 0 Å². The van der Waals surface area contributed by atoms with Crippen molar-refractivity contribution < 1.29 is 9.18 Å². The SMILES string of the molecule is Cc1ccc(N2CC(N(C)C)C2)cc1C(=O)NC1(c2cnc(F)c3ncccc23)CC1. The van der Waals surface area contributed by atoms with Crippen LogP contribution in [0.1, 0.15) is 34.3 Å². The van der Waals surface area contributed by atoms with Gasteiger partial charge in [-0.25, -0.2) is 4.98 Å². The number of nitrogens with one attached hydrogen (secondary N) is 1. The van der Waals surface area contributed by atoms with E-state index in [1.807, 2.05) is 25.1 Å². The summed E-state index contributed by atoms with van der Waals surface area (Å²) in [7, 11) is 4.18. The molecule has 2 aliphatic rings. The van der Waals surface area contributed by atoms with Crippen molar-refractivity contribution in [3.05, 3.63) is 65.4 Å². The molecule has 0 spiro atoms. The number of aryl methyl sites for hydroxylation is 1. The van der Waals surface area contributed by atoms with E-state index in [4.69, 9.17) is 0 Å². The van der Waals surface area contributed by atoms with Crippen LogP contribution in [0.5, 0.6) is 0 Å². The molecule has 3 heterocycles. The largest absolute Gasteiger partial charge is 0.368 e. The quantitative estimate of drug-likeness (QED) is 0.644. The van der Waals surface area contributed by atoms with Crippen molar-refractivity contribution in [2.24, 2.45) is 0 Å². The van der Waals surface area contributed by atoms with E-state index in [-0.39, 0.29) is 11.4 Å². The molecule has 1 saturated heterocycles. The average Bonchev–Trinajstić information content (AvgIpc) is 3.48. The minimum absolute atomic E-state index is 0.108. The summed E-state index contributed by atoms with van der Waals surface area (Å²) in [5.41, 5.74) is 3.23. The van der Waals surface area contributed by atoms with Gasteiger partial charge >= 0.3 is 0 Å². The molecule has 160 valence electrons. The monoisotopic (exact) mass is 419 g/mol. The lowest BCUT2D eigenvalue weighted by Gasteiger charge is -2.44. The lowest BCUT2D eigenvalue weighted by Crippen LogP contribution is -2.57. The predicted octanol–water partition coefficient (Wildman–Crippen LogP) is 3.25. The predicted molar refractivity (Wildman–Crippen MR) is 119 cm³/mol. The highest BCUT2D eigenvalue weighted by Crippen LogP contribution is 2.48. The number of fused-ring (bicyclic) bond motifs is 1. The van der Waals surface area contributed by atoms with Crippen LogP contribution in [-0.2, 0) is 5.54 Å². The van der Waals surface area contributed by atoms with Gasteiger partial charge in [-0.3, -0.25) is 9.78 Å². The smallest absolute Gasteiger partial charge is 0.252 e. The van der Waals surface area contributed by atoms with E-state index in [0.717, 1.165) is 42.7 Å². The molecule has 1 N–H and O–H groups in total. The van der Waals surface area contributed by atoms with Gasteiger partial charge in [0.15, 0.2) is 0 Å². The normalized spacial score (nSPS) is 17.6. The Balaban J connectivity index is 1.41. The van der Waals surface area contributed by atoms with Crippen LogP contribution in [0.2, 0.25) is 0 Å². The minimum Gasteiger partial charge on any atom is -0.368 e. The maximum atomic E-state index is 14.1. The number of rotatable bonds is 5. The average molecular weight is 420 g/mol. The molecule has 3 aromatic rings. The summed E-state index contributed by atoms with van der Waals surface area (Å²) in [5.74, 6) is -0.696. The second-order valence-electron chi connectivity index (χ2n) is 8.92. The molecular weight excluding hydrogens is 393 g/mol. The zero-order valence-corrected chi connectivity index (χ0v) is 18.0. The van der Waals surface area contributed by atoms with Gasteiger partial charge in [-0.1, -0.05) is 12.1 Å². The number of likely N-dealkylation sites (N-methyl/N-ethyl adjacent to an activating group) is 1. The first kappa shape index (κ1) is 19.9. The van der Waals surface area contributed by atoms with Crippen LogP contribution in [-0.4, -0.2) is 54.0 Å². The molecule has 31 heavy (non-hydrogen) atoms. The lowest BCUT2D eigenvalue weighted by atomic mass is 9.99. The van der Waals surface area contributed by atoms with E-state index in [9.17, 15) is 9.18 Å². The van der Waals surface area contributed by atoms with Crippen molar-refractivity contribution in [2.45, 2.75) is 31.3 Å². The number of amides is 1. The Kier molecular flexibility index (Phi) is 4.66. The van der Waals surface area contributed by atoms with Gasteiger partial charge in [0.1, 0.15) is 5.52 Å². The molecule has 1 saturated carbocycles. The first-order chi connectivity index (χ1) is 14.9. The number of hydrogen-bond acceptors (Lipinski definition) is 5. The molecule has 1 aromatic carbocycles. The fraction of sp³-hybridized carbons (Fsp3) is 0.375. The molecule has 1 aliphatic heterocycles. The zero-order chi connectivity index (χ0) is 21.8. The summed E-state index contributed by atoms with van der Waals surface area (Å²) >= 11 is 0. The van der Waals surface area contributed by atoms with Crippen LogP contribution in [0.15, 0.2) is 42.7 Å². The number of nitrogens with zero attached hydrogens (tertiary/aromatic N) is 4. The minimum atomic E-state index is -0.587. The van der Waals surface area contributed by atoms with Crippen molar-refractivity contribution >= 4 is 22.5 Å². The highest BCUT2D eigenvalue weighted by atomic mass is 19.1. The van der Waals surface area contributed by atoms with E-state index in [1.54, 1.807) is 12.3 Å². The Morgan fingerprint density at radius 1 is 1.23 bits per heavy atom. The summed E-state index contributed by atoms with van der Waals surface area (Å²) in [6, 6.07) is 10.2. The van der Waals surface area contributed by atoms with E-state index < -0.39 is 11.5 Å². The van der Waals surface area contributed by atoms with Gasteiger partial charge in [-0.2, -0.15) is 4.39 Å². The first-order valence-corrected chi connectivity index (χ1v) is 10.6.